The number of hydrogen-bond donors (Lipinski definition) is 0. The van der Waals surface area contributed by atoms with Gasteiger partial charge in [-0.15, -0.1) is 0 Å². The normalized spacial score (nSPS) is 11.5. The number of pyridine rings is 2. The van der Waals surface area contributed by atoms with Crippen LogP contribution in [0.1, 0.15) is 0 Å². The van der Waals surface area contributed by atoms with E-state index in [-0.39, 0.29) is 0 Å². The van der Waals surface area contributed by atoms with Crippen LogP contribution in [-0.2, 0) is 0 Å². The fourth-order valence-corrected chi connectivity index (χ4v) is 8.44. The van der Waals surface area contributed by atoms with Gasteiger partial charge in [0.05, 0.1) is 33.5 Å². The largest absolute Gasteiger partial charge is 0.310 e. The van der Waals surface area contributed by atoms with Gasteiger partial charge in [0.25, 0.3) is 0 Å². The number of rotatable bonds is 7. The summed E-state index contributed by atoms with van der Waals surface area (Å²) in [6, 6.07) is 71.2. The van der Waals surface area contributed by atoms with Gasteiger partial charge in [-0.05, 0) is 109 Å². The quantitative estimate of drug-likeness (QED) is 0.164. The van der Waals surface area contributed by atoms with Crippen LogP contribution in [0.3, 0.4) is 0 Å². The van der Waals surface area contributed by atoms with Gasteiger partial charge in [0.2, 0.25) is 0 Å². The minimum Gasteiger partial charge on any atom is -0.310 e. The molecule has 0 aliphatic carbocycles. The molecule has 5 nitrogen and oxygen atoms in total. The molecular formula is C52H35N5. The zero-order chi connectivity index (χ0) is 37.7. The minimum absolute atomic E-state index is 0.934. The Balaban J connectivity index is 1.09. The predicted molar refractivity (Wildman–Crippen MR) is 236 cm³/mol. The maximum Gasteiger partial charge on any atom is 0.0702 e. The molecule has 0 unspecified atom stereocenters. The van der Waals surface area contributed by atoms with Crippen LogP contribution in [0.15, 0.2) is 213 Å². The summed E-state index contributed by atoms with van der Waals surface area (Å²) < 4.78 is 4.81. The summed E-state index contributed by atoms with van der Waals surface area (Å²) in [7, 11) is 0. The molecule has 0 amide bonds. The van der Waals surface area contributed by atoms with E-state index in [2.05, 4.69) is 200 Å². The highest BCUT2D eigenvalue weighted by atomic mass is 15.1. The van der Waals surface area contributed by atoms with Gasteiger partial charge in [-0.2, -0.15) is 0 Å². The predicted octanol–water partition coefficient (Wildman–Crippen LogP) is 13.5. The molecule has 57 heavy (non-hydrogen) atoms. The van der Waals surface area contributed by atoms with Crippen molar-refractivity contribution in [3.63, 3.8) is 0 Å². The average molecular weight is 730 g/mol. The van der Waals surface area contributed by atoms with E-state index >= 15 is 0 Å². The number of nitrogens with zero attached hydrogens (tertiary/aromatic N) is 5. The molecule has 0 fully saturated rings. The first kappa shape index (κ1) is 32.7. The van der Waals surface area contributed by atoms with Crippen molar-refractivity contribution in [2.24, 2.45) is 0 Å². The van der Waals surface area contributed by atoms with Gasteiger partial charge < -0.3 is 14.0 Å². The van der Waals surface area contributed by atoms with E-state index in [1.807, 2.05) is 36.7 Å². The Labute approximate surface area is 330 Å². The maximum atomic E-state index is 4.66. The van der Waals surface area contributed by atoms with Crippen LogP contribution < -0.4 is 4.90 Å². The lowest BCUT2D eigenvalue weighted by atomic mass is 10.1. The Bertz CT molecular complexity index is 3140. The third kappa shape index (κ3) is 5.56. The first-order valence-electron chi connectivity index (χ1n) is 19.2. The minimum atomic E-state index is 0.934. The molecule has 5 heteroatoms. The van der Waals surface area contributed by atoms with E-state index in [1.165, 1.54) is 43.6 Å². The number of benzene rings is 7. The lowest BCUT2D eigenvalue weighted by Gasteiger charge is -2.26. The summed E-state index contributed by atoms with van der Waals surface area (Å²) in [5.41, 5.74) is 14.1. The smallest absolute Gasteiger partial charge is 0.0702 e. The summed E-state index contributed by atoms with van der Waals surface area (Å²) in [5, 5.41) is 4.96. The number of aromatic nitrogens is 4. The van der Waals surface area contributed by atoms with Crippen molar-refractivity contribution >= 4 is 60.7 Å². The molecule has 4 aromatic heterocycles. The monoisotopic (exact) mass is 729 g/mol. The van der Waals surface area contributed by atoms with Crippen molar-refractivity contribution in [3.8, 4) is 33.9 Å². The Morgan fingerprint density at radius 2 is 0.807 bits per heavy atom. The molecular weight excluding hydrogens is 695 g/mol. The second-order valence-electron chi connectivity index (χ2n) is 14.3. The van der Waals surface area contributed by atoms with Crippen LogP contribution in [0.25, 0.3) is 77.5 Å². The fraction of sp³-hybridized carbons (Fsp3) is 0. The Morgan fingerprint density at radius 3 is 1.33 bits per heavy atom. The average Bonchev–Trinajstić information content (AvgIpc) is 3.79. The summed E-state index contributed by atoms with van der Waals surface area (Å²) in [6.45, 7) is 0. The first-order valence-corrected chi connectivity index (χ1v) is 19.2. The molecule has 11 aromatic rings. The van der Waals surface area contributed by atoms with Crippen LogP contribution in [0.4, 0.5) is 17.1 Å². The van der Waals surface area contributed by atoms with E-state index in [0.717, 1.165) is 51.0 Å². The third-order valence-electron chi connectivity index (χ3n) is 11.0. The fourth-order valence-electron chi connectivity index (χ4n) is 8.44. The molecule has 11 rings (SSSR count). The van der Waals surface area contributed by atoms with Crippen LogP contribution >= 0.6 is 0 Å². The van der Waals surface area contributed by atoms with E-state index in [1.54, 1.807) is 0 Å². The maximum absolute atomic E-state index is 4.66. The van der Waals surface area contributed by atoms with Crippen LogP contribution in [0.2, 0.25) is 0 Å². The third-order valence-corrected chi connectivity index (χ3v) is 11.0. The van der Waals surface area contributed by atoms with Gasteiger partial charge in [-0.1, -0.05) is 91.0 Å². The molecule has 4 heterocycles. The van der Waals surface area contributed by atoms with Gasteiger partial charge in [-0.25, -0.2) is 0 Å². The Hall–Kier alpha value is -7.76. The van der Waals surface area contributed by atoms with Gasteiger partial charge >= 0.3 is 0 Å². The number of anilines is 3. The standard InChI is InChI=1S/C52H35N5/c1-2-16-38(17-3-1)56-49-24-6-4-20-43(49)45-34-46-44-21-5-7-25-50(44)57(52(46)35-51(45)56)40-28-26-39(27-29-40)55(41-18-12-14-36(32-41)47-22-8-10-30-53-47)42-19-13-15-37(33-42)48-23-9-11-31-54-48/h1-35H. The van der Waals surface area contributed by atoms with Crippen molar-refractivity contribution in [2.45, 2.75) is 0 Å². The van der Waals surface area contributed by atoms with Crippen molar-refractivity contribution in [2.75, 3.05) is 4.90 Å². The molecule has 0 N–H and O–H groups in total. The van der Waals surface area contributed by atoms with E-state index in [9.17, 15) is 0 Å². The molecule has 0 saturated heterocycles. The molecule has 0 atom stereocenters. The lowest BCUT2D eigenvalue weighted by molar-refractivity contribution is 1.16. The molecule has 268 valence electrons. The number of para-hydroxylation sites is 3. The van der Waals surface area contributed by atoms with E-state index < -0.39 is 0 Å². The molecule has 0 aliphatic heterocycles. The SMILES string of the molecule is c1ccc(-n2c3ccccc3c3cc4c5ccccc5n(-c5ccc(N(c6cccc(-c7ccccn7)c6)c6cccc(-c7ccccn7)c6)cc5)c4cc32)cc1. The Kier molecular flexibility index (Phi) is 7.74. The Morgan fingerprint density at radius 1 is 0.316 bits per heavy atom. The molecule has 0 bridgehead atoms. The summed E-state index contributed by atoms with van der Waals surface area (Å²) >= 11 is 0. The highest BCUT2D eigenvalue weighted by Crippen LogP contribution is 2.41. The zero-order valence-electron chi connectivity index (χ0n) is 30.9. The van der Waals surface area contributed by atoms with Gasteiger partial charge in [-0.3, -0.25) is 9.97 Å². The summed E-state index contributed by atoms with van der Waals surface area (Å²) in [6.07, 6.45) is 3.69. The summed E-state index contributed by atoms with van der Waals surface area (Å²) in [5.74, 6) is 0. The molecule has 0 saturated carbocycles. The number of fused-ring (bicyclic) bond motifs is 6. The van der Waals surface area contributed by atoms with Crippen LogP contribution in [0, 0.1) is 0 Å². The van der Waals surface area contributed by atoms with Gasteiger partial charge in [0, 0.05) is 73.5 Å². The lowest BCUT2D eigenvalue weighted by Crippen LogP contribution is -2.10. The highest BCUT2D eigenvalue weighted by molar-refractivity contribution is 6.19. The highest BCUT2D eigenvalue weighted by Gasteiger charge is 2.20. The second-order valence-corrected chi connectivity index (χ2v) is 14.3. The van der Waals surface area contributed by atoms with Crippen molar-refractivity contribution in [1.29, 1.82) is 0 Å². The molecule has 0 radical (unpaired) electrons. The van der Waals surface area contributed by atoms with Crippen LogP contribution in [-0.4, -0.2) is 19.1 Å². The molecule has 0 spiro atoms. The van der Waals surface area contributed by atoms with Crippen molar-refractivity contribution < 1.29 is 0 Å². The first-order chi connectivity index (χ1) is 28.3. The molecule has 0 aliphatic rings. The van der Waals surface area contributed by atoms with Crippen molar-refractivity contribution in [3.05, 3.63) is 213 Å². The van der Waals surface area contributed by atoms with Crippen LogP contribution in [0.5, 0.6) is 0 Å². The van der Waals surface area contributed by atoms with E-state index in [0.29, 0.717) is 0 Å². The van der Waals surface area contributed by atoms with Gasteiger partial charge in [0.1, 0.15) is 0 Å². The second kappa shape index (κ2) is 13.5. The summed E-state index contributed by atoms with van der Waals surface area (Å²) in [4.78, 5) is 11.6. The van der Waals surface area contributed by atoms with Crippen molar-refractivity contribution in [1.82, 2.24) is 19.1 Å². The van der Waals surface area contributed by atoms with Gasteiger partial charge in [0.15, 0.2) is 0 Å². The van der Waals surface area contributed by atoms with E-state index in [4.69, 9.17) is 0 Å². The zero-order valence-corrected chi connectivity index (χ0v) is 30.9. The molecule has 7 aromatic carbocycles. The number of hydrogen-bond acceptors (Lipinski definition) is 3. The topological polar surface area (TPSA) is 38.9 Å².